The van der Waals surface area contributed by atoms with Crippen LogP contribution in [0.1, 0.15) is 68.5 Å². The molecule has 0 spiro atoms. The van der Waals surface area contributed by atoms with E-state index in [0.29, 0.717) is 23.1 Å². The summed E-state index contributed by atoms with van der Waals surface area (Å²) in [6.07, 6.45) is 8.45. The molecule has 1 aliphatic carbocycles. The van der Waals surface area contributed by atoms with E-state index >= 15 is 0 Å². The monoisotopic (exact) mass is 427 g/mol. The van der Waals surface area contributed by atoms with Gasteiger partial charge in [0.05, 0.1) is 5.56 Å². The zero-order valence-electron chi connectivity index (χ0n) is 18.5. The molecule has 1 saturated carbocycles. The third kappa shape index (κ3) is 4.13. The summed E-state index contributed by atoms with van der Waals surface area (Å²) in [5.74, 6) is 6.95. The summed E-state index contributed by atoms with van der Waals surface area (Å²) in [7, 11) is 0. The van der Waals surface area contributed by atoms with Gasteiger partial charge in [-0.2, -0.15) is 4.98 Å². The molecule has 0 atom stereocenters. The SMILES string of the molecule is CC#Cc1cc2cnc(Nc3ccc(C4CCNCC4)cc3)nc2n(C2CCCC2)c1=O. The van der Waals surface area contributed by atoms with Crippen LogP contribution in [0.5, 0.6) is 0 Å². The van der Waals surface area contributed by atoms with E-state index in [2.05, 4.69) is 51.7 Å². The van der Waals surface area contributed by atoms with Gasteiger partial charge in [-0.3, -0.25) is 9.36 Å². The van der Waals surface area contributed by atoms with Gasteiger partial charge in [-0.25, -0.2) is 4.98 Å². The van der Waals surface area contributed by atoms with Crippen molar-refractivity contribution in [2.24, 2.45) is 0 Å². The molecular weight excluding hydrogens is 398 g/mol. The van der Waals surface area contributed by atoms with Crippen molar-refractivity contribution in [3.8, 4) is 11.8 Å². The number of nitrogens with one attached hydrogen (secondary N) is 2. The Morgan fingerprint density at radius 3 is 2.56 bits per heavy atom. The number of hydrogen-bond acceptors (Lipinski definition) is 5. The lowest BCUT2D eigenvalue weighted by atomic mass is 9.90. The van der Waals surface area contributed by atoms with E-state index in [1.54, 1.807) is 13.1 Å². The van der Waals surface area contributed by atoms with Crippen LogP contribution < -0.4 is 16.2 Å². The third-order valence-electron chi connectivity index (χ3n) is 6.70. The first kappa shape index (κ1) is 20.7. The van der Waals surface area contributed by atoms with Gasteiger partial charge in [-0.1, -0.05) is 30.9 Å². The van der Waals surface area contributed by atoms with Crippen molar-refractivity contribution in [2.75, 3.05) is 18.4 Å². The van der Waals surface area contributed by atoms with Crippen molar-refractivity contribution < 1.29 is 0 Å². The number of piperidine rings is 1. The smallest absolute Gasteiger partial charge is 0.268 e. The van der Waals surface area contributed by atoms with Crippen LogP contribution in [0.25, 0.3) is 11.0 Å². The fourth-order valence-corrected chi connectivity index (χ4v) is 5.03. The highest BCUT2D eigenvalue weighted by molar-refractivity contribution is 5.77. The normalized spacial score (nSPS) is 17.3. The molecule has 1 aromatic carbocycles. The Morgan fingerprint density at radius 1 is 1.09 bits per heavy atom. The van der Waals surface area contributed by atoms with Crippen LogP contribution in [0, 0.1) is 11.8 Å². The van der Waals surface area contributed by atoms with Crippen molar-refractivity contribution in [3.05, 3.63) is 58.0 Å². The number of rotatable bonds is 4. The number of benzene rings is 1. The molecule has 1 aliphatic heterocycles. The van der Waals surface area contributed by atoms with E-state index in [0.717, 1.165) is 49.8 Å². The molecule has 3 aromatic rings. The summed E-state index contributed by atoms with van der Waals surface area (Å²) in [6.45, 7) is 3.93. The van der Waals surface area contributed by atoms with E-state index in [1.165, 1.54) is 18.4 Å². The van der Waals surface area contributed by atoms with Gasteiger partial charge in [0.15, 0.2) is 0 Å². The topological polar surface area (TPSA) is 71.8 Å². The highest BCUT2D eigenvalue weighted by atomic mass is 16.1. The van der Waals surface area contributed by atoms with Crippen LogP contribution in [-0.4, -0.2) is 27.6 Å². The minimum absolute atomic E-state index is 0.0466. The maximum Gasteiger partial charge on any atom is 0.268 e. The first-order valence-electron chi connectivity index (χ1n) is 11.7. The summed E-state index contributed by atoms with van der Waals surface area (Å²) in [6, 6.07) is 10.6. The maximum absolute atomic E-state index is 13.2. The number of fused-ring (bicyclic) bond motifs is 1. The number of anilines is 2. The lowest BCUT2D eigenvalue weighted by molar-refractivity contribution is 0.460. The van der Waals surface area contributed by atoms with Crippen molar-refractivity contribution in [1.29, 1.82) is 0 Å². The molecule has 2 aromatic heterocycles. The Hall–Kier alpha value is -3.17. The number of hydrogen-bond donors (Lipinski definition) is 2. The Bertz CT molecular complexity index is 1220. The van der Waals surface area contributed by atoms with E-state index in [9.17, 15) is 4.79 Å². The van der Waals surface area contributed by atoms with E-state index in [-0.39, 0.29) is 11.6 Å². The largest absolute Gasteiger partial charge is 0.324 e. The first-order chi connectivity index (χ1) is 15.7. The Balaban J connectivity index is 1.47. The molecule has 2 fully saturated rings. The Kier molecular flexibility index (Phi) is 5.91. The molecule has 6 heteroatoms. The van der Waals surface area contributed by atoms with Gasteiger partial charge in [-0.05, 0) is 75.4 Å². The number of aromatic nitrogens is 3. The van der Waals surface area contributed by atoms with Crippen molar-refractivity contribution in [3.63, 3.8) is 0 Å². The van der Waals surface area contributed by atoms with Gasteiger partial charge in [0.1, 0.15) is 5.65 Å². The predicted molar refractivity (Wildman–Crippen MR) is 128 cm³/mol. The Morgan fingerprint density at radius 2 is 1.84 bits per heavy atom. The molecule has 2 N–H and O–H groups in total. The summed E-state index contributed by atoms with van der Waals surface area (Å²) in [5.41, 5.74) is 3.49. The van der Waals surface area contributed by atoms with Gasteiger partial charge < -0.3 is 10.6 Å². The second-order valence-corrected chi connectivity index (χ2v) is 8.79. The van der Waals surface area contributed by atoms with E-state index in [1.807, 2.05) is 10.6 Å². The van der Waals surface area contributed by atoms with Crippen LogP contribution in [-0.2, 0) is 0 Å². The third-order valence-corrected chi connectivity index (χ3v) is 6.70. The highest BCUT2D eigenvalue weighted by Gasteiger charge is 2.22. The zero-order valence-corrected chi connectivity index (χ0v) is 18.5. The van der Waals surface area contributed by atoms with Crippen LogP contribution in [0.4, 0.5) is 11.6 Å². The lowest BCUT2D eigenvalue weighted by Crippen LogP contribution is -2.27. The van der Waals surface area contributed by atoms with Gasteiger partial charge in [-0.15, -0.1) is 5.92 Å². The van der Waals surface area contributed by atoms with Gasteiger partial charge in [0.2, 0.25) is 5.95 Å². The molecule has 0 unspecified atom stereocenters. The fraction of sp³-hybridized carbons (Fsp3) is 0.423. The maximum atomic E-state index is 13.2. The molecule has 0 bridgehead atoms. The van der Waals surface area contributed by atoms with E-state index in [4.69, 9.17) is 4.98 Å². The van der Waals surface area contributed by atoms with Gasteiger partial charge >= 0.3 is 0 Å². The quantitative estimate of drug-likeness (QED) is 0.601. The summed E-state index contributed by atoms with van der Waals surface area (Å²) < 4.78 is 1.86. The van der Waals surface area contributed by atoms with Crippen molar-refractivity contribution in [1.82, 2.24) is 19.9 Å². The molecule has 0 radical (unpaired) electrons. The van der Waals surface area contributed by atoms with Crippen LogP contribution in [0.15, 0.2) is 41.3 Å². The van der Waals surface area contributed by atoms with Crippen molar-refractivity contribution in [2.45, 2.75) is 57.4 Å². The molecule has 1 saturated heterocycles. The summed E-state index contributed by atoms with van der Waals surface area (Å²) in [5, 5.41) is 7.60. The average molecular weight is 428 g/mol. The minimum atomic E-state index is -0.0466. The average Bonchev–Trinajstić information content (AvgIpc) is 3.35. The molecule has 0 amide bonds. The second kappa shape index (κ2) is 9.13. The summed E-state index contributed by atoms with van der Waals surface area (Å²) >= 11 is 0. The minimum Gasteiger partial charge on any atom is -0.324 e. The fourth-order valence-electron chi connectivity index (χ4n) is 5.03. The first-order valence-corrected chi connectivity index (χ1v) is 11.7. The molecular formula is C26H29N5O. The number of pyridine rings is 1. The zero-order chi connectivity index (χ0) is 21.9. The molecule has 32 heavy (non-hydrogen) atoms. The van der Waals surface area contributed by atoms with Crippen molar-refractivity contribution >= 4 is 22.7 Å². The predicted octanol–water partition coefficient (Wildman–Crippen LogP) is 4.49. The Labute approximate surface area is 188 Å². The van der Waals surface area contributed by atoms with E-state index < -0.39 is 0 Å². The van der Waals surface area contributed by atoms with Gasteiger partial charge in [0.25, 0.3) is 5.56 Å². The van der Waals surface area contributed by atoms with Gasteiger partial charge in [0, 0.05) is 23.3 Å². The molecule has 6 nitrogen and oxygen atoms in total. The van der Waals surface area contributed by atoms with Crippen LogP contribution in [0.3, 0.4) is 0 Å². The molecule has 3 heterocycles. The summed E-state index contributed by atoms with van der Waals surface area (Å²) in [4.78, 5) is 22.5. The molecule has 5 rings (SSSR count). The molecule has 164 valence electrons. The lowest BCUT2D eigenvalue weighted by Gasteiger charge is -2.23. The van der Waals surface area contributed by atoms with Crippen LogP contribution >= 0.6 is 0 Å². The highest BCUT2D eigenvalue weighted by Crippen LogP contribution is 2.31. The molecule has 2 aliphatic rings. The standard InChI is InChI=1S/C26H29N5O/c1-2-5-20-16-21-17-28-26(30-24(21)31(25(20)32)23-6-3-4-7-23)29-22-10-8-18(9-11-22)19-12-14-27-15-13-19/h8-11,16-17,19,23,27H,3-4,6-7,12-15H2,1H3,(H,28,29,30). The second-order valence-electron chi connectivity index (χ2n) is 8.79. The van der Waals surface area contributed by atoms with Crippen LogP contribution in [0.2, 0.25) is 0 Å². The number of nitrogens with zero attached hydrogens (tertiary/aromatic N) is 3.